The number of methoxy groups -OCH3 is 2. The fourth-order valence-electron chi connectivity index (χ4n) is 4.48. The maximum Gasteiger partial charge on any atom is 0.264 e. The third-order valence-corrected chi connectivity index (χ3v) is 8.00. The third kappa shape index (κ3) is 5.67. The van der Waals surface area contributed by atoms with Crippen LogP contribution in [0.5, 0.6) is 17.2 Å². The van der Waals surface area contributed by atoms with Gasteiger partial charge in [-0.15, -0.1) is 0 Å². The monoisotopic (exact) mass is 524 g/mol. The van der Waals surface area contributed by atoms with Gasteiger partial charge in [-0.25, -0.2) is 8.42 Å². The number of fused-ring (bicyclic) bond motifs is 1. The summed E-state index contributed by atoms with van der Waals surface area (Å²) in [5, 5.41) is 3.05. The standard InChI is InChI=1S/C28H32N2O6S/c1-19-11-13-25-22(15-19)23(17-28(2,3)36-25)29-27(31)18-30(37(32,33)21-9-7-6-8-10-21)24-16-20(34-4)12-14-26(24)35-5/h6-16,23H,17-18H2,1-5H3,(H,29,31). The van der Waals surface area contributed by atoms with Crippen LogP contribution in [0.3, 0.4) is 0 Å². The molecule has 9 heteroatoms. The van der Waals surface area contributed by atoms with E-state index in [1.165, 1.54) is 26.4 Å². The van der Waals surface area contributed by atoms with Gasteiger partial charge >= 0.3 is 0 Å². The molecule has 4 rings (SSSR count). The van der Waals surface area contributed by atoms with Gasteiger partial charge in [0.2, 0.25) is 5.91 Å². The van der Waals surface area contributed by atoms with Gasteiger partial charge in [-0.1, -0.05) is 35.9 Å². The fourth-order valence-corrected chi connectivity index (χ4v) is 5.93. The number of aryl methyl sites for hydroxylation is 1. The number of hydrogen-bond acceptors (Lipinski definition) is 6. The number of anilines is 1. The van der Waals surface area contributed by atoms with E-state index in [1.807, 2.05) is 39.0 Å². The Bertz CT molecular complexity index is 1390. The first-order valence-electron chi connectivity index (χ1n) is 11.9. The van der Waals surface area contributed by atoms with Crippen LogP contribution in [0.2, 0.25) is 0 Å². The van der Waals surface area contributed by atoms with Crippen molar-refractivity contribution in [1.82, 2.24) is 5.32 Å². The van der Waals surface area contributed by atoms with Gasteiger partial charge in [0, 0.05) is 18.1 Å². The lowest BCUT2D eigenvalue weighted by Gasteiger charge is -2.38. The largest absolute Gasteiger partial charge is 0.497 e. The van der Waals surface area contributed by atoms with E-state index in [-0.39, 0.29) is 16.6 Å². The molecule has 0 bridgehead atoms. The van der Waals surface area contributed by atoms with E-state index in [4.69, 9.17) is 14.2 Å². The number of hydrogen-bond donors (Lipinski definition) is 1. The highest BCUT2D eigenvalue weighted by Gasteiger charge is 2.36. The summed E-state index contributed by atoms with van der Waals surface area (Å²) in [6, 6.07) is 18.3. The molecule has 8 nitrogen and oxygen atoms in total. The van der Waals surface area contributed by atoms with Crippen LogP contribution < -0.4 is 23.8 Å². The highest BCUT2D eigenvalue weighted by molar-refractivity contribution is 7.92. The van der Waals surface area contributed by atoms with Crippen LogP contribution >= 0.6 is 0 Å². The molecule has 1 amide bonds. The van der Waals surface area contributed by atoms with Gasteiger partial charge in [-0.2, -0.15) is 0 Å². The zero-order chi connectivity index (χ0) is 26.8. The van der Waals surface area contributed by atoms with Crippen molar-refractivity contribution in [2.24, 2.45) is 0 Å². The average Bonchev–Trinajstić information content (AvgIpc) is 2.87. The van der Waals surface area contributed by atoms with Crippen molar-refractivity contribution in [3.8, 4) is 17.2 Å². The van der Waals surface area contributed by atoms with E-state index >= 15 is 0 Å². The Morgan fingerprint density at radius 1 is 1.05 bits per heavy atom. The predicted octanol–water partition coefficient (Wildman–Crippen LogP) is 4.63. The second-order valence-corrected chi connectivity index (χ2v) is 11.5. The first-order chi connectivity index (χ1) is 17.5. The van der Waals surface area contributed by atoms with Gasteiger partial charge in [-0.3, -0.25) is 9.10 Å². The number of carbonyl (C=O) groups is 1. The molecule has 0 fully saturated rings. The Hall–Kier alpha value is -3.72. The molecule has 1 unspecified atom stereocenters. The predicted molar refractivity (Wildman–Crippen MR) is 142 cm³/mol. The van der Waals surface area contributed by atoms with Gasteiger partial charge < -0.3 is 19.5 Å². The summed E-state index contributed by atoms with van der Waals surface area (Å²) in [5.41, 5.74) is 1.59. The van der Waals surface area contributed by atoms with Crippen molar-refractivity contribution in [2.45, 2.75) is 43.7 Å². The van der Waals surface area contributed by atoms with Crippen molar-refractivity contribution in [3.05, 3.63) is 77.9 Å². The summed E-state index contributed by atoms with van der Waals surface area (Å²) in [7, 11) is -1.19. The molecule has 0 aromatic heterocycles. The molecular formula is C28H32N2O6S. The second-order valence-electron chi connectivity index (χ2n) is 9.59. The Morgan fingerprint density at radius 2 is 1.78 bits per heavy atom. The average molecular weight is 525 g/mol. The molecule has 37 heavy (non-hydrogen) atoms. The Kier molecular flexibility index (Phi) is 7.36. The number of benzene rings is 3. The number of carbonyl (C=O) groups excluding carboxylic acids is 1. The SMILES string of the molecule is COc1ccc(OC)c(N(CC(=O)NC2CC(C)(C)Oc3ccc(C)cc32)S(=O)(=O)c2ccccc2)c1. The zero-order valence-corrected chi connectivity index (χ0v) is 22.5. The summed E-state index contributed by atoms with van der Waals surface area (Å²) in [6.45, 7) is 5.44. The van der Waals surface area contributed by atoms with E-state index < -0.39 is 28.1 Å². The van der Waals surface area contributed by atoms with Gasteiger partial charge in [0.15, 0.2) is 0 Å². The molecule has 1 heterocycles. The van der Waals surface area contributed by atoms with E-state index in [2.05, 4.69) is 5.32 Å². The molecule has 3 aromatic carbocycles. The normalized spacial score (nSPS) is 16.2. The summed E-state index contributed by atoms with van der Waals surface area (Å²) >= 11 is 0. The lowest BCUT2D eigenvalue weighted by atomic mass is 9.89. The van der Waals surface area contributed by atoms with E-state index in [9.17, 15) is 13.2 Å². The summed E-state index contributed by atoms with van der Waals surface area (Å²) < 4.78 is 45.6. The van der Waals surface area contributed by atoms with Crippen molar-refractivity contribution in [3.63, 3.8) is 0 Å². The number of ether oxygens (including phenoxy) is 3. The van der Waals surface area contributed by atoms with Crippen LogP contribution in [-0.4, -0.2) is 40.7 Å². The number of rotatable bonds is 8. The van der Waals surface area contributed by atoms with Gasteiger partial charge in [0.1, 0.15) is 29.4 Å². The molecule has 0 saturated heterocycles. The third-order valence-electron chi connectivity index (χ3n) is 6.23. The summed E-state index contributed by atoms with van der Waals surface area (Å²) in [6.07, 6.45) is 0.531. The van der Waals surface area contributed by atoms with Gasteiger partial charge in [0.25, 0.3) is 10.0 Å². The van der Waals surface area contributed by atoms with Crippen LogP contribution in [0.25, 0.3) is 0 Å². The van der Waals surface area contributed by atoms with Crippen LogP contribution in [-0.2, 0) is 14.8 Å². The zero-order valence-electron chi connectivity index (χ0n) is 21.6. The topological polar surface area (TPSA) is 94.2 Å². The minimum absolute atomic E-state index is 0.0563. The number of nitrogens with zero attached hydrogens (tertiary/aromatic N) is 1. The fraction of sp³-hybridized carbons (Fsp3) is 0.321. The number of sulfonamides is 1. The van der Waals surface area contributed by atoms with Crippen molar-refractivity contribution in [2.75, 3.05) is 25.1 Å². The quantitative estimate of drug-likeness (QED) is 0.462. The van der Waals surface area contributed by atoms with Crippen LogP contribution in [0.4, 0.5) is 5.69 Å². The highest BCUT2D eigenvalue weighted by Crippen LogP contribution is 2.40. The van der Waals surface area contributed by atoms with E-state index in [0.717, 1.165) is 15.4 Å². The van der Waals surface area contributed by atoms with E-state index in [0.29, 0.717) is 23.7 Å². The first-order valence-corrected chi connectivity index (χ1v) is 13.4. The first kappa shape index (κ1) is 26.3. The lowest BCUT2D eigenvalue weighted by molar-refractivity contribution is -0.120. The van der Waals surface area contributed by atoms with Crippen LogP contribution in [0, 0.1) is 6.92 Å². The molecule has 1 N–H and O–H groups in total. The molecule has 1 aliphatic heterocycles. The molecule has 1 atom stereocenters. The molecule has 0 radical (unpaired) electrons. The Balaban J connectivity index is 1.72. The highest BCUT2D eigenvalue weighted by atomic mass is 32.2. The molecule has 196 valence electrons. The maximum absolute atomic E-state index is 13.8. The van der Waals surface area contributed by atoms with Crippen LogP contribution in [0.1, 0.15) is 37.4 Å². The number of amides is 1. The van der Waals surface area contributed by atoms with Crippen molar-refractivity contribution < 1.29 is 27.4 Å². The summed E-state index contributed by atoms with van der Waals surface area (Å²) in [5.74, 6) is 0.969. The maximum atomic E-state index is 13.8. The minimum Gasteiger partial charge on any atom is -0.497 e. The number of nitrogens with one attached hydrogen (secondary N) is 1. The molecule has 0 aliphatic carbocycles. The van der Waals surface area contributed by atoms with Crippen molar-refractivity contribution >= 4 is 21.6 Å². The molecule has 0 spiro atoms. The molecular weight excluding hydrogens is 492 g/mol. The van der Waals surface area contributed by atoms with Crippen molar-refractivity contribution in [1.29, 1.82) is 0 Å². The summed E-state index contributed by atoms with van der Waals surface area (Å²) in [4.78, 5) is 13.6. The Labute approximate surface area is 218 Å². The van der Waals surface area contributed by atoms with Gasteiger partial charge in [-0.05, 0) is 51.1 Å². The Morgan fingerprint density at radius 3 is 2.46 bits per heavy atom. The molecule has 3 aromatic rings. The minimum atomic E-state index is -4.13. The smallest absolute Gasteiger partial charge is 0.264 e. The molecule has 0 saturated carbocycles. The van der Waals surface area contributed by atoms with Crippen LogP contribution in [0.15, 0.2) is 71.6 Å². The van der Waals surface area contributed by atoms with E-state index in [1.54, 1.807) is 36.4 Å². The lowest BCUT2D eigenvalue weighted by Crippen LogP contribution is -2.45. The molecule has 1 aliphatic rings. The van der Waals surface area contributed by atoms with Gasteiger partial charge in [0.05, 0.1) is 30.8 Å². The second kappa shape index (κ2) is 10.3.